The molecule has 3 aromatic heterocycles. The molecule has 4 aromatic rings. The summed E-state index contributed by atoms with van der Waals surface area (Å²) < 4.78 is 48.1. The first-order valence-corrected chi connectivity index (χ1v) is 11.9. The molecule has 0 amide bonds. The number of hydrogen-bond acceptors (Lipinski definition) is 6. The Balaban J connectivity index is 1.49. The number of benzene rings is 1. The molecule has 0 aliphatic carbocycles. The second-order valence-corrected chi connectivity index (χ2v) is 9.21. The number of aromatic nitrogens is 4. The first-order chi connectivity index (χ1) is 17.6. The number of aliphatic hydroxyl groups excluding tert-OH is 1. The number of pyridine rings is 1. The molecule has 5 rings (SSSR count). The fraction of sp³-hybridized carbons (Fsp3) is 0.346. The number of fused-ring (bicyclic) bond motifs is 1. The first-order valence-electron chi connectivity index (χ1n) is 11.9. The van der Waals surface area contributed by atoms with E-state index in [1.807, 2.05) is 6.20 Å². The van der Waals surface area contributed by atoms with Crippen LogP contribution in [0.4, 0.5) is 13.2 Å². The Morgan fingerprint density at radius 2 is 1.86 bits per heavy atom. The van der Waals surface area contributed by atoms with E-state index in [9.17, 15) is 23.1 Å². The summed E-state index contributed by atoms with van der Waals surface area (Å²) in [5.41, 5.74) is 1.86. The van der Waals surface area contributed by atoms with Gasteiger partial charge >= 0.3 is 6.18 Å². The lowest BCUT2D eigenvalue weighted by Crippen LogP contribution is -2.26. The molecule has 0 radical (unpaired) electrons. The van der Waals surface area contributed by atoms with Crippen molar-refractivity contribution in [2.24, 2.45) is 7.05 Å². The second-order valence-electron chi connectivity index (χ2n) is 9.21. The third kappa shape index (κ3) is 5.23. The molecule has 0 bridgehead atoms. The summed E-state index contributed by atoms with van der Waals surface area (Å²) in [5.74, 6) is 0.794. The SMILES string of the molecule is Cc1nc(Oc2ccc(C(F)(F)F)cc2)cc(-c2cn(CCN3CCC(O)C3)c3ccc(=O)n(C)c23)n1. The van der Waals surface area contributed by atoms with Crippen molar-refractivity contribution in [3.63, 3.8) is 0 Å². The van der Waals surface area contributed by atoms with Gasteiger partial charge in [-0.1, -0.05) is 0 Å². The number of ether oxygens (including phenoxy) is 1. The molecule has 8 nitrogen and oxygen atoms in total. The quantitative estimate of drug-likeness (QED) is 0.420. The molecule has 37 heavy (non-hydrogen) atoms. The minimum atomic E-state index is -4.43. The third-order valence-corrected chi connectivity index (χ3v) is 6.54. The van der Waals surface area contributed by atoms with Gasteiger partial charge in [0.25, 0.3) is 5.56 Å². The predicted octanol–water partition coefficient (Wildman–Crippen LogP) is 3.98. The average Bonchev–Trinajstić information content (AvgIpc) is 3.43. The monoisotopic (exact) mass is 513 g/mol. The zero-order valence-corrected chi connectivity index (χ0v) is 20.4. The highest BCUT2D eigenvalue weighted by Crippen LogP contribution is 2.33. The molecular weight excluding hydrogens is 487 g/mol. The van der Waals surface area contributed by atoms with Gasteiger partial charge in [0.05, 0.1) is 28.4 Å². The number of nitrogens with zero attached hydrogens (tertiary/aromatic N) is 5. The standard InChI is InChI=1S/C26H26F3N5O3/c1-16-30-21(13-23(31-16)37-19-5-3-17(4-6-19)26(27,28)29)20-15-34(12-11-33-10-9-18(35)14-33)22-7-8-24(36)32(2)25(20)22/h3-8,13,15,18,35H,9-12,14H2,1-2H3. The molecule has 0 spiro atoms. The lowest BCUT2D eigenvalue weighted by Gasteiger charge is -2.15. The van der Waals surface area contributed by atoms with Gasteiger partial charge in [0, 0.05) is 57.1 Å². The molecule has 194 valence electrons. The molecule has 4 heterocycles. The number of rotatable bonds is 6. The number of hydrogen-bond donors (Lipinski definition) is 1. The van der Waals surface area contributed by atoms with Gasteiger partial charge in [0.15, 0.2) is 0 Å². The van der Waals surface area contributed by atoms with Crippen molar-refractivity contribution in [2.75, 3.05) is 19.6 Å². The predicted molar refractivity (Wildman–Crippen MR) is 132 cm³/mol. The Morgan fingerprint density at radius 1 is 1.11 bits per heavy atom. The van der Waals surface area contributed by atoms with Gasteiger partial charge in [-0.3, -0.25) is 9.69 Å². The summed E-state index contributed by atoms with van der Waals surface area (Å²) in [5, 5.41) is 9.83. The third-order valence-electron chi connectivity index (χ3n) is 6.54. The summed E-state index contributed by atoms with van der Waals surface area (Å²) in [6, 6.07) is 9.30. The average molecular weight is 514 g/mol. The fourth-order valence-corrected chi connectivity index (χ4v) is 4.66. The topological polar surface area (TPSA) is 85.4 Å². The van der Waals surface area contributed by atoms with E-state index < -0.39 is 11.7 Å². The maximum absolute atomic E-state index is 12.9. The first kappa shape index (κ1) is 25.0. The molecule has 1 aromatic carbocycles. The van der Waals surface area contributed by atoms with Crippen LogP contribution >= 0.6 is 0 Å². The Morgan fingerprint density at radius 3 is 2.54 bits per heavy atom. The minimum absolute atomic E-state index is 0.166. The summed E-state index contributed by atoms with van der Waals surface area (Å²) in [6.07, 6.45) is -2.05. The van der Waals surface area contributed by atoms with Gasteiger partial charge in [-0.05, 0) is 43.7 Å². The summed E-state index contributed by atoms with van der Waals surface area (Å²) in [7, 11) is 1.70. The van der Waals surface area contributed by atoms with Gasteiger partial charge in [0.1, 0.15) is 11.6 Å². The molecule has 1 N–H and O–H groups in total. The van der Waals surface area contributed by atoms with Crippen LogP contribution in [0.3, 0.4) is 0 Å². The maximum Gasteiger partial charge on any atom is 0.416 e. The van der Waals surface area contributed by atoms with Crippen LogP contribution in [0.25, 0.3) is 22.3 Å². The van der Waals surface area contributed by atoms with E-state index in [0.29, 0.717) is 35.7 Å². The van der Waals surface area contributed by atoms with E-state index in [2.05, 4.69) is 19.4 Å². The van der Waals surface area contributed by atoms with E-state index in [1.54, 1.807) is 30.7 Å². The second kappa shape index (κ2) is 9.64. The van der Waals surface area contributed by atoms with Crippen LogP contribution in [-0.2, 0) is 19.8 Å². The lowest BCUT2D eigenvalue weighted by atomic mass is 10.2. The van der Waals surface area contributed by atoms with E-state index in [-0.39, 0.29) is 23.3 Å². The van der Waals surface area contributed by atoms with Crippen LogP contribution in [-0.4, -0.2) is 54.8 Å². The van der Waals surface area contributed by atoms with Crippen LogP contribution in [0.15, 0.2) is 53.5 Å². The van der Waals surface area contributed by atoms with Crippen LogP contribution in [0, 0.1) is 6.92 Å². The van der Waals surface area contributed by atoms with Crippen LogP contribution in [0.1, 0.15) is 17.8 Å². The Labute approximate surface area is 210 Å². The van der Waals surface area contributed by atoms with E-state index in [0.717, 1.165) is 37.2 Å². The van der Waals surface area contributed by atoms with Crippen molar-refractivity contribution in [3.8, 4) is 22.9 Å². The van der Waals surface area contributed by atoms with Crippen LogP contribution in [0.5, 0.6) is 11.6 Å². The van der Waals surface area contributed by atoms with E-state index in [4.69, 9.17) is 4.74 Å². The smallest absolute Gasteiger partial charge is 0.416 e. The highest BCUT2D eigenvalue weighted by Gasteiger charge is 2.30. The van der Waals surface area contributed by atoms with Crippen molar-refractivity contribution in [1.82, 2.24) is 24.0 Å². The number of alkyl halides is 3. The number of aliphatic hydroxyl groups is 1. The minimum Gasteiger partial charge on any atom is -0.439 e. The summed E-state index contributed by atoms with van der Waals surface area (Å²) in [4.78, 5) is 23.5. The van der Waals surface area contributed by atoms with Gasteiger partial charge in [-0.2, -0.15) is 18.2 Å². The van der Waals surface area contributed by atoms with Crippen LogP contribution in [0.2, 0.25) is 0 Å². The van der Waals surface area contributed by atoms with Crippen molar-refractivity contribution in [1.29, 1.82) is 0 Å². The molecule has 1 aliphatic rings. The van der Waals surface area contributed by atoms with E-state index >= 15 is 0 Å². The fourth-order valence-electron chi connectivity index (χ4n) is 4.66. The molecule has 1 saturated heterocycles. The summed E-state index contributed by atoms with van der Waals surface area (Å²) in [6.45, 7) is 4.57. The Kier molecular flexibility index (Phi) is 6.50. The Hall–Kier alpha value is -3.70. The number of β-amino-alcohol motifs (C(OH)–C–C–N with tert-alkyl or cyclic N) is 1. The maximum atomic E-state index is 12.9. The van der Waals surface area contributed by atoms with Gasteiger partial charge in [0.2, 0.25) is 5.88 Å². The normalized spacial score (nSPS) is 16.5. The zero-order valence-electron chi connectivity index (χ0n) is 20.4. The summed E-state index contributed by atoms with van der Waals surface area (Å²) >= 11 is 0. The molecule has 1 atom stereocenters. The highest BCUT2D eigenvalue weighted by atomic mass is 19.4. The van der Waals surface area contributed by atoms with Crippen LogP contribution < -0.4 is 10.3 Å². The van der Waals surface area contributed by atoms with Gasteiger partial charge < -0.3 is 19.0 Å². The van der Waals surface area contributed by atoms with Crippen molar-refractivity contribution in [2.45, 2.75) is 32.2 Å². The highest BCUT2D eigenvalue weighted by molar-refractivity contribution is 5.92. The van der Waals surface area contributed by atoms with E-state index in [1.165, 1.54) is 18.2 Å². The lowest BCUT2D eigenvalue weighted by molar-refractivity contribution is -0.137. The largest absolute Gasteiger partial charge is 0.439 e. The van der Waals surface area contributed by atoms with Gasteiger partial charge in [-0.25, -0.2) is 4.98 Å². The molecule has 1 fully saturated rings. The number of halogens is 3. The van der Waals surface area contributed by atoms with Crippen molar-refractivity contribution >= 4 is 11.0 Å². The molecule has 0 saturated carbocycles. The Bertz CT molecular complexity index is 1490. The van der Waals surface area contributed by atoms with Crippen molar-refractivity contribution in [3.05, 3.63) is 70.4 Å². The zero-order chi connectivity index (χ0) is 26.3. The number of likely N-dealkylation sites (tertiary alicyclic amines) is 1. The van der Waals surface area contributed by atoms with Gasteiger partial charge in [-0.15, -0.1) is 0 Å². The molecular formula is C26H26F3N5O3. The number of aryl methyl sites for hydroxylation is 2. The molecule has 1 aliphatic heterocycles. The molecule has 11 heteroatoms. The van der Waals surface area contributed by atoms with Crippen molar-refractivity contribution < 1.29 is 23.0 Å². The molecule has 1 unspecified atom stereocenters.